The van der Waals surface area contributed by atoms with E-state index in [0.717, 1.165) is 6.07 Å². The van der Waals surface area contributed by atoms with Crippen LogP contribution in [-0.4, -0.2) is 6.54 Å². The first kappa shape index (κ1) is 13.8. The summed E-state index contributed by atoms with van der Waals surface area (Å²) in [5.74, 6) is -1.25. The minimum Gasteiger partial charge on any atom is -0.376 e. The highest BCUT2D eigenvalue weighted by atomic mass is 35.5. The van der Waals surface area contributed by atoms with E-state index in [0.29, 0.717) is 16.3 Å². The van der Waals surface area contributed by atoms with Crippen LogP contribution in [-0.2, 0) is 0 Å². The van der Waals surface area contributed by atoms with Crippen LogP contribution < -0.4 is 11.1 Å². The molecular formula is C14H13ClF2N2. The van der Waals surface area contributed by atoms with Gasteiger partial charge in [-0.15, -0.1) is 0 Å². The standard InChI is InChI=1S/C14H13ClF2N2/c15-11-3-1-2-4-13(11)19-14(8-18)10-6-5-9(16)7-12(10)17/h1-7,14,19H,8,18H2. The highest BCUT2D eigenvalue weighted by Gasteiger charge is 2.15. The Morgan fingerprint density at radius 3 is 2.53 bits per heavy atom. The number of nitrogens with one attached hydrogen (secondary N) is 1. The van der Waals surface area contributed by atoms with Gasteiger partial charge in [-0.05, 0) is 18.2 Å². The van der Waals surface area contributed by atoms with Crippen LogP contribution in [0.15, 0.2) is 42.5 Å². The number of para-hydroxylation sites is 1. The van der Waals surface area contributed by atoms with Crippen molar-refractivity contribution in [1.29, 1.82) is 0 Å². The molecule has 1 unspecified atom stereocenters. The van der Waals surface area contributed by atoms with Crippen LogP contribution in [0.3, 0.4) is 0 Å². The van der Waals surface area contributed by atoms with Gasteiger partial charge in [-0.3, -0.25) is 0 Å². The van der Waals surface area contributed by atoms with Gasteiger partial charge in [-0.1, -0.05) is 29.8 Å². The number of hydrogen-bond acceptors (Lipinski definition) is 2. The first-order chi connectivity index (χ1) is 9.11. The second-order valence-corrected chi connectivity index (χ2v) is 4.49. The fourth-order valence-electron chi connectivity index (χ4n) is 1.81. The van der Waals surface area contributed by atoms with Crippen molar-refractivity contribution >= 4 is 17.3 Å². The Morgan fingerprint density at radius 2 is 1.89 bits per heavy atom. The minimum absolute atomic E-state index is 0.160. The molecule has 0 aliphatic carbocycles. The molecule has 0 saturated heterocycles. The molecule has 0 spiro atoms. The monoisotopic (exact) mass is 282 g/mol. The van der Waals surface area contributed by atoms with Crippen molar-refractivity contribution in [1.82, 2.24) is 0 Å². The Balaban J connectivity index is 2.28. The quantitative estimate of drug-likeness (QED) is 0.897. The Bertz CT molecular complexity index is 575. The van der Waals surface area contributed by atoms with Gasteiger partial charge in [0, 0.05) is 18.2 Å². The van der Waals surface area contributed by atoms with Gasteiger partial charge in [0.2, 0.25) is 0 Å². The molecule has 0 aromatic heterocycles. The van der Waals surface area contributed by atoms with E-state index in [9.17, 15) is 8.78 Å². The Labute approximate surface area is 115 Å². The van der Waals surface area contributed by atoms with Crippen LogP contribution in [0.25, 0.3) is 0 Å². The molecule has 0 fully saturated rings. The summed E-state index contributed by atoms with van der Waals surface area (Å²) < 4.78 is 26.6. The molecule has 2 rings (SSSR count). The number of benzene rings is 2. The number of nitrogens with two attached hydrogens (primary N) is 1. The van der Waals surface area contributed by atoms with Gasteiger partial charge in [0.25, 0.3) is 0 Å². The largest absolute Gasteiger partial charge is 0.376 e. The van der Waals surface area contributed by atoms with Gasteiger partial charge in [0.15, 0.2) is 0 Å². The molecule has 2 nitrogen and oxygen atoms in total. The Morgan fingerprint density at radius 1 is 1.16 bits per heavy atom. The normalized spacial score (nSPS) is 12.2. The molecule has 0 aliphatic heterocycles. The third kappa shape index (κ3) is 3.22. The third-order valence-corrected chi connectivity index (χ3v) is 3.11. The van der Waals surface area contributed by atoms with Gasteiger partial charge in [0.1, 0.15) is 11.6 Å². The predicted molar refractivity (Wildman–Crippen MR) is 73.2 cm³/mol. The third-order valence-electron chi connectivity index (χ3n) is 2.78. The molecule has 100 valence electrons. The van der Waals surface area contributed by atoms with Crippen LogP contribution in [0.4, 0.5) is 14.5 Å². The molecule has 0 saturated carbocycles. The average molecular weight is 283 g/mol. The van der Waals surface area contributed by atoms with E-state index in [1.165, 1.54) is 12.1 Å². The van der Waals surface area contributed by atoms with Crippen LogP contribution in [0.2, 0.25) is 5.02 Å². The number of anilines is 1. The molecule has 3 N–H and O–H groups in total. The van der Waals surface area contributed by atoms with E-state index >= 15 is 0 Å². The zero-order valence-corrected chi connectivity index (χ0v) is 10.8. The zero-order valence-electron chi connectivity index (χ0n) is 10.0. The lowest BCUT2D eigenvalue weighted by molar-refractivity contribution is 0.562. The van der Waals surface area contributed by atoms with Gasteiger partial charge in [0.05, 0.1) is 16.8 Å². The van der Waals surface area contributed by atoms with E-state index in [1.807, 2.05) is 6.07 Å². The molecule has 2 aromatic rings. The first-order valence-electron chi connectivity index (χ1n) is 5.78. The van der Waals surface area contributed by atoms with Crippen molar-refractivity contribution < 1.29 is 8.78 Å². The smallest absolute Gasteiger partial charge is 0.131 e. The Kier molecular flexibility index (Phi) is 4.35. The summed E-state index contributed by atoms with van der Waals surface area (Å²) in [7, 11) is 0. The molecule has 0 radical (unpaired) electrons. The summed E-state index contributed by atoms with van der Waals surface area (Å²) >= 11 is 6.02. The molecule has 0 heterocycles. The molecular weight excluding hydrogens is 270 g/mol. The van der Waals surface area contributed by atoms with Gasteiger partial charge in [-0.25, -0.2) is 8.78 Å². The van der Waals surface area contributed by atoms with E-state index in [-0.39, 0.29) is 6.54 Å². The molecule has 0 amide bonds. The lowest BCUT2D eigenvalue weighted by Crippen LogP contribution is -2.22. The van der Waals surface area contributed by atoms with Crippen molar-refractivity contribution in [2.24, 2.45) is 5.73 Å². The van der Waals surface area contributed by atoms with Crippen LogP contribution in [0, 0.1) is 11.6 Å². The van der Waals surface area contributed by atoms with Crippen molar-refractivity contribution in [3.63, 3.8) is 0 Å². The molecule has 2 aromatic carbocycles. The summed E-state index contributed by atoms with van der Waals surface area (Å²) in [5.41, 5.74) is 6.61. The highest BCUT2D eigenvalue weighted by Crippen LogP contribution is 2.26. The van der Waals surface area contributed by atoms with Crippen LogP contribution >= 0.6 is 11.6 Å². The Hall–Kier alpha value is -1.65. The molecule has 19 heavy (non-hydrogen) atoms. The van der Waals surface area contributed by atoms with Crippen molar-refractivity contribution in [3.8, 4) is 0 Å². The second kappa shape index (κ2) is 5.99. The summed E-state index contributed by atoms with van der Waals surface area (Å²) in [6.45, 7) is 0.160. The number of halogens is 3. The average Bonchev–Trinajstić information content (AvgIpc) is 2.39. The predicted octanol–water partition coefficient (Wildman–Crippen LogP) is 3.73. The van der Waals surface area contributed by atoms with E-state index < -0.39 is 17.7 Å². The lowest BCUT2D eigenvalue weighted by atomic mass is 10.1. The maximum absolute atomic E-state index is 13.7. The van der Waals surface area contributed by atoms with Gasteiger partial charge < -0.3 is 11.1 Å². The van der Waals surface area contributed by atoms with Gasteiger partial charge >= 0.3 is 0 Å². The van der Waals surface area contributed by atoms with E-state index in [4.69, 9.17) is 17.3 Å². The number of rotatable bonds is 4. The van der Waals surface area contributed by atoms with Crippen LogP contribution in [0.5, 0.6) is 0 Å². The summed E-state index contributed by atoms with van der Waals surface area (Å²) in [5, 5.41) is 3.57. The maximum atomic E-state index is 13.7. The summed E-state index contributed by atoms with van der Waals surface area (Å²) in [6.07, 6.45) is 0. The second-order valence-electron chi connectivity index (χ2n) is 4.08. The summed E-state index contributed by atoms with van der Waals surface area (Å²) in [6, 6.07) is 10.0. The first-order valence-corrected chi connectivity index (χ1v) is 6.15. The topological polar surface area (TPSA) is 38.0 Å². The zero-order chi connectivity index (χ0) is 13.8. The van der Waals surface area contributed by atoms with Crippen molar-refractivity contribution in [2.75, 3.05) is 11.9 Å². The molecule has 0 aliphatic rings. The van der Waals surface area contributed by atoms with Crippen molar-refractivity contribution in [3.05, 3.63) is 64.7 Å². The molecule has 5 heteroatoms. The van der Waals surface area contributed by atoms with Gasteiger partial charge in [-0.2, -0.15) is 0 Å². The molecule has 1 atom stereocenters. The fourth-order valence-corrected chi connectivity index (χ4v) is 2.00. The van der Waals surface area contributed by atoms with E-state index in [1.54, 1.807) is 18.2 Å². The number of hydrogen-bond donors (Lipinski definition) is 2. The van der Waals surface area contributed by atoms with Crippen molar-refractivity contribution in [2.45, 2.75) is 6.04 Å². The summed E-state index contributed by atoms with van der Waals surface area (Å²) in [4.78, 5) is 0. The highest BCUT2D eigenvalue weighted by molar-refractivity contribution is 6.33. The SMILES string of the molecule is NCC(Nc1ccccc1Cl)c1ccc(F)cc1F. The minimum atomic E-state index is -0.630. The molecule has 0 bridgehead atoms. The van der Waals surface area contributed by atoms with Crippen LogP contribution in [0.1, 0.15) is 11.6 Å². The van der Waals surface area contributed by atoms with E-state index in [2.05, 4.69) is 5.32 Å². The lowest BCUT2D eigenvalue weighted by Gasteiger charge is -2.20. The fraction of sp³-hybridized carbons (Fsp3) is 0.143. The maximum Gasteiger partial charge on any atom is 0.131 e.